The molecular weight excluding hydrogens is 316 g/mol. The van der Waals surface area contributed by atoms with E-state index in [-0.39, 0.29) is 12.1 Å². The minimum atomic E-state index is -3.14. The van der Waals surface area contributed by atoms with Crippen LogP contribution in [-0.4, -0.2) is 58.2 Å². The largest absolute Gasteiger partial charge is 0.378 e. The van der Waals surface area contributed by atoms with E-state index in [9.17, 15) is 13.2 Å². The van der Waals surface area contributed by atoms with Gasteiger partial charge in [-0.15, -0.1) is 0 Å². The number of amides is 2. The van der Waals surface area contributed by atoms with Crippen molar-refractivity contribution in [3.8, 4) is 0 Å². The number of nitrogens with one attached hydrogen (secondary N) is 2. The maximum absolute atomic E-state index is 12.0. The maximum atomic E-state index is 12.0. The zero-order valence-corrected chi connectivity index (χ0v) is 14.6. The Kier molecular flexibility index (Phi) is 5.48. The SMILES string of the molecule is CN(C)c1ccc(NC(=O)NC2CCN(S(C)(=O)=O)CC2)cc1. The Morgan fingerprint density at radius 3 is 2.22 bits per heavy atom. The summed E-state index contributed by atoms with van der Waals surface area (Å²) in [7, 11) is 0.776. The lowest BCUT2D eigenvalue weighted by molar-refractivity contribution is 0.238. The molecule has 1 saturated heterocycles. The number of rotatable bonds is 4. The molecule has 1 aromatic carbocycles. The summed E-state index contributed by atoms with van der Waals surface area (Å²) in [5.41, 5.74) is 1.78. The fourth-order valence-electron chi connectivity index (χ4n) is 2.53. The summed E-state index contributed by atoms with van der Waals surface area (Å²) in [4.78, 5) is 14.0. The number of urea groups is 1. The van der Waals surface area contributed by atoms with Crippen LogP contribution in [0.15, 0.2) is 24.3 Å². The molecule has 0 spiro atoms. The number of nitrogens with zero attached hydrogens (tertiary/aromatic N) is 2. The summed E-state index contributed by atoms with van der Waals surface area (Å²) in [6, 6.07) is 7.29. The predicted octanol–water partition coefficient (Wildman–Crippen LogP) is 1.30. The van der Waals surface area contributed by atoms with Crippen molar-refractivity contribution in [2.75, 3.05) is 43.7 Å². The highest BCUT2D eigenvalue weighted by atomic mass is 32.2. The van der Waals surface area contributed by atoms with E-state index in [1.165, 1.54) is 10.6 Å². The average molecular weight is 340 g/mol. The monoisotopic (exact) mass is 340 g/mol. The standard InChI is InChI=1S/C15H24N4O3S/c1-18(2)14-6-4-12(5-7-14)16-15(20)17-13-8-10-19(11-9-13)23(3,21)22/h4-7,13H,8-11H2,1-3H3,(H2,16,17,20). The Bertz CT molecular complexity index is 635. The molecule has 1 aliphatic heterocycles. The lowest BCUT2D eigenvalue weighted by atomic mass is 10.1. The molecule has 0 atom stereocenters. The summed E-state index contributed by atoms with van der Waals surface area (Å²) >= 11 is 0. The van der Waals surface area contributed by atoms with Gasteiger partial charge in [-0.05, 0) is 37.1 Å². The van der Waals surface area contributed by atoms with Gasteiger partial charge in [0, 0.05) is 44.6 Å². The Hall–Kier alpha value is -1.80. The topological polar surface area (TPSA) is 81.8 Å². The molecule has 1 aliphatic rings. The van der Waals surface area contributed by atoms with Crippen LogP contribution in [0.3, 0.4) is 0 Å². The molecule has 0 aliphatic carbocycles. The van der Waals surface area contributed by atoms with Gasteiger partial charge in [0.1, 0.15) is 0 Å². The van der Waals surface area contributed by atoms with E-state index in [2.05, 4.69) is 10.6 Å². The van der Waals surface area contributed by atoms with Gasteiger partial charge in [-0.25, -0.2) is 17.5 Å². The minimum absolute atomic E-state index is 0.00551. The first kappa shape index (κ1) is 17.6. The van der Waals surface area contributed by atoms with Crippen LogP contribution in [0.4, 0.5) is 16.2 Å². The van der Waals surface area contributed by atoms with Crippen molar-refractivity contribution in [3.05, 3.63) is 24.3 Å². The highest BCUT2D eigenvalue weighted by Crippen LogP contribution is 2.16. The number of carbonyl (C=O) groups is 1. The van der Waals surface area contributed by atoms with Gasteiger partial charge in [0.05, 0.1) is 6.26 Å². The molecule has 1 aromatic rings. The Labute approximate surface area is 137 Å². The molecule has 7 nitrogen and oxygen atoms in total. The number of carbonyl (C=O) groups excluding carboxylic acids is 1. The quantitative estimate of drug-likeness (QED) is 0.865. The second-order valence-corrected chi connectivity index (χ2v) is 7.96. The van der Waals surface area contributed by atoms with Gasteiger partial charge in [0.25, 0.3) is 0 Å². The van der Waals surface area contributed by atoms with Gasteiger partial charge in [0.15, 0.2) is 0 Å². The fraction of sp³-hybridized carbons (Fsp3) is 0.533. The summed E-state index contributed by atoms with van der Waals surface area (Å²) in [5.74, 6) is 0. The number of hydrogen-bond donors (Lipinski definition) is 2. The van der Waals surface area contributed by atoms with E-state index in [1.807, 2.05) is 43.3 Å². The van der Waals surface area contributed by atoms with Crippen molar-refractivity contribution in [3.63, 3.8) is 0 Å². The van der Waals surface area contributed by atoms with Crippen LogP contribution in [0.1, 0.15) is 12.8 Å². The third-order valence-electron chi connectivity index (χ3n) is 3.90. The summed E-state index contributed by atoms with van der Waals surface area (Å²) in [6.45, 7) is 0.891. The van der Waals surface area contributed by atoms with E-state index in [0.717, 1.165) is 11.4 Å². The molecule has 0 saturated carbocycles. The number of piperidine rings is 1. The van der Waals surface area contributed by atoms with E-state index >= 15 is 0 Å². The van der Waals surface area contributed by atoms with Gasteiger partial charge < -0.3 is 15.5 Å². The Balaban J connectivity index is 1.81. The first-order valence-corrected chi connectivity index (χ1v) is 9.40. The molecule has 0 unspecified atom stereocenters. The molecule has 2 rings (SSSR count). The third-order valence-corrected chi connectivity index (χ3v) is 5.20. The lowest BCUT2D eigenvalue weighted by Crippen LogP contribution is -2.47. The van der Waals surface area contributed by atoms with Gasteiger partial charge in [-0.2, -0.15) is 0 Å². The molecule has 2 N–H and O–H groups in total. The summed E-state index contributed by atoms with van der Waals surface area (Å²) in [6.07, 6.45) is 2.46. The minimum Gasteiger partial charge on any atom is -0.378 e. The van der Waals surface area contributed by atoms with Crippen LogP contribution < -0.4 is 15.5 Å². The molecule has 0 aromatic heterocycles. The van der Waals surface area contributed by atoms with Crippen LogP contribution in [0.2, 0.25) is 0 Å². The summed E-state index contributed by atoms with van der Waals surface area (Å²) < 4.78 is 24.4. The average Bonchev–Trinajstić information content (AvgIpc) is 2.47. The van der Waals surface area contributed by atoms with Crippen LogP contribution >= 0.6 is 0 Å². The molecule has 8 heteroatoms. The highest BCUT2D eigenvalue weighted by Gasteiger charge is 2.25. The van der Waals surface area contributed by atoms with Crippen molar-refractivity contribution in [1.82, 2.24) is 9.62 Å². The van der Waals surface area contributed by atoms with E-state index in [1.54, 1.807) is 0 Å². The molecule has 23 heavy (non-hydrogen) atoms. The zero-order valence-electron chi connectivity index (χ0n) is 13.7. The van der Waals surface area contributed by atoms with Gasteiger partial charge in [-0.3, -0.25) is 0 Å². The molecule has 0 radical (unpaired) electrons. The number of hydrogen-bond acceptors (Lipinski definition) is 4. The van der Waals surface area contributed by atoms with Gasteiger partial charge in [0.2, 0.25) is 10.0 Å². The second-order valence-electron chi connectivity index (χ2n) is 5.98. The molecule has 0 bridgehead atoms. The Morgan fingerprint density at radius 1 is 1.17 bits per heavy atom. The molecule has 1 fully saturated rings. The van der Waals surface area contributed by atoms with Crippen LogP contribution in [0, 0.1) is 0 Å². The first-order valence-electron chi connectivity index (χ1n) is 7.56. The number of sulfonamides is 1. The summed E-state index contributed by atoms with van der Waals surface area (Å²) in [5, 5.41) is 5.69. The van der Waals surface area contributed by atoms with Crippen LogP contribution in [0.25, 0.3) is 0 Å². The second kappa shape index (κ2) is 7.18. The van der Waals surface area contributed by atoms with Crippen molar-refractivity contribution in [2.24, 2.45) is 0 Å². The van der Waals surface area contributed by atoms with Gasteiger partial charge >= 0.3 is 6.03 Å². The molecule has 2 amide bonds. The van der Waals surface area contributed by atoms with E-state index in [4.69, 9.17) is 0 Å². The van der Waals surface area contributed by atoms with Crippen molar-refractivity contribution in [1.29, 1.82) is 0 Å². The number of benzene rings is 1. The van der Waals surface area contributed by atoms with Crippen LogP contribution in [-0.2, 0) is 10.0 Å². The maximum Gasteiger partial charge on any atom is 0.319 e. The smallest absolute Gasteiger partial charge is 0.319 e. The van der Waals surface area contributed by atoms with Crippen molar-refractivity contribution < 1.29 is 13.2 Å². The molecule has 1 heterocycles. The van der Waals surface area contributed by atoms with E-state index in [0.29, 0.717) is 25.9 Å². The molecule has 128 valence electrons. The normalized spacial score (nSPS) is 16.8. The number of anilines is 2. The van der Waals surface area contributed by atoms with E-state index < -0.39 is 10.0 Å². The van der Waals surface area contributed by atoms with Crippen molar-refractivity contribution in [2.45, 2.75) is 18.9 Å². The predicted molar refractivity (Wildman–Crippen MR) is 92.4 cm³/mol. The van der Waals surface area contributed by atoms with Gasteiger partial charge in [-0.1, -0.05) is 0 Å². The fourth-order valence-corrected chi connectivity index (χ4v) is 3.40. The third kappa shape index (κ3) is 5.11. The zero-order chi connectivity index (χ0) is 17.0. The lowest BCUT2D eigenvalue weighted by Gasteiger charge is -2.30. The highest BCUT2D eigenvalue weighted by molar-refractivity contribution is 7.88. The first-order chi connectivity index (χ1) is 10.8. The van der Waals surface area contributed by atoms with Crippen LogP contribution in [0.5, 0.6) is 0 Å². The molecular formula is C15H24N4O3S. The Morgan fingerprint density at radius 2 is 1.74 bits per heavy atom. The van der Waals surface area contributed by atoms with Crippen molar-refractivity contribution >= 4 is 27.4 Å².